The van der Waals surface area contributed by atoms with Crippen LogP contribution in [-0.4, -0.2) is 38.3 Å². The Balaban J connectivity index is 1.92. The first-order valence-electron chi connectivity index (χ1n) is 10.4. The van der Waals surface area contributed by atoms with Gasteiger partial charge in [-0.3, -0.25) is 4.79 Å². The summed E-state index contributed by atoms with van der Waals surface area (Å²) in [6.45, 7) is 6.17. The second kappa shape index (κ2) is 9.18. The molecule has 3 rings (SSSR count). The van der Waals surface area contributed by atoms with Crippen molar-refractivity contribution in [3.8, 4) is 5.75 Å². The van der Waals surface area contributed by atoms with Crippen molar-refractivity contribution in [1.29, 1.82) is 0 Å². The van der Waals surface area contributed by atoms with Crippen molar-refractivity contribution >= 4 is 21.6 Å². The van der Waals surface area contributed by atoms with Gasteiger partial charge in [0.15, 0.2) is 0 Å². The maximum Gasteiger partial charge on any atom is 0.244 e. The molecule has 0 bridgehead atoms. The van der Waals surface area contributed by atoms with E-state index in [1.165, 1.54) is 17.5 Å². The highest BCUT2D eigenvalue weighted by molar-refractivity contribution is 7.89. The highest BCUT2D eigenvalue weighted by atomic mass is 32.2. The van der Waals surface area contributed by atoms with Crippen molar-refractivity contribution < 1.29 is 17.9 Å². The molecule has 162 valence electrons. The number of ether oxygens (including phenoxy) is 1. The molecule has 1 aliphatic heterocycles. The fourth-order valence-electron chi connectivity index (χ4n) is 4.01. The van der Waals surface area contributed by atoms with Gasteiger partial charge in [-0.05, 0) is 55.4 Å². The van der Waals surface area contributed by atoms with Crippen LogP contribution in [0.1, 0.15) is 43.4 Å². The Morgan fingerprint density at radius 1 is 1.17 bits per heavy atom. The molecular formula is C23H30N2O4S. The molecule has 7 heteroatoms. The molecule has 6 nitrogen and oxygen atoms in total. The SMILES string of the molecule is CCc1cccc(CC)c1NC(=O)[C@@H]1CCCN1S(=O)(=O)c1cc(OC)ccc1C. The van der Waals surface area contributed by atoms with Crippen molar-refractivity contribution in [1.82, 2.24) is 4.31 Å². The molecule has 1 aliphatic rings. The van der Waals surface area contributed by atoms with E-state index in [9.17, 15) is 13.2 Å². The smallest absolute Gasteiger partial charge is 0.244 e. The van der Waals surface area contributed by atoms with E-state index in [0.29, 0.717) is 30.7 Å². The van der Waals surface area contributed by atoms with Gasteiger partial charge >= 0.3 is 0 Å². The Labute approximate surface area is 179 Å². The molecule has 2 aromatic carbocycles. The van der Waals surface area contributed by atoms with Gasteiger partial charge in [-0.25, -0.2) is 8.42 Å². The predicted molar refractivity (Wildman–Crippen MR) is 118 cm³/mol. The molecule has 1 amide bonds. The van der Waals surface area contributed by atoms with Gasteiger partial charge in [-0.15, -0.1) is 0 Å². The summed E-state index contributed by atoms with van der Waals surface area (Å²) in [5, 5.41) is 3.04. The van der Waals surface area contributed by atoms with Gasteiger partial charge < -0.3 is 10.1 Å². The first kappa shape index (κ1) is 22.3. The molecule has 0 spiro atoms. The van der Waals surface area contributed by atoms with Crippen molar-refractivity contribution in [2.24, 2.45) is 0 Å². The van der Waals surface area contributed by atoms with E-state index in [1.807, 2.05) is 32.0 Å². The van der Waals surface area contributed by atoms with E-state index in [-0.39, 0.29) is 10.8 Å². The lowest BCUT2D eigenvalue weighted by Crippen LogP contribution is -2.43. The molecule has 0 radical (unpaired) electrons. The molecule has 1 fully saturated rings. The second-order valence-electron chi connectivity index (χ2n) is 7.55. The summed E-state index contributed by atoms with van der Waals surface area (Å²) in [7, 11) is -2.32. The van der Waals surface area contributed by atoms with Crippen LogP contribution in [0.25, 0.3) is 0 Å². The summed E-state index contributed by atoms with van der Waals surface area (Å²) in [5.41, 5.74) is 3.55. The number of benzene rings is 2. The zero-order valence-corrected chi connectivity index (χ0v) is 18.9. The Morgan fingerprint density at radius 2 is 1.83 bits per heavy atom. The van der Waals surface area contributed by atoms with Crippen LogP contribution in [0.15, 0.2) is 41.3 Å². The van der Waals surface area contributed by atoms with Crippen LogP contribution in [0, 0.1) is 6.92 Å². The number of para-hydroxylation sites is 1. The van der Waals surface area contributed by atoms with Gasteiger partial charge in [0.1, 0.15) is 11.8 Å². The van der Waals surface area contributed by atoms with Gasteiger partial charge in [0, 0.05) is 18.3 Å². The number of amides is 1. The Morgan fingerprint density at radius 3 is 2.43 bits per heavy atom. The van der Waals surface area contributed by atoms with E-state index in [1.54, 1.807) is 19.1 Å². The summed E-state index contributed by atoms with van der Waals surface area (Å²) >= 11 is 0. The maximum absolute atomic E-state index is 13.4. The summed E-state index contributed by atoms with van der Waals surface area (Å²) < 4.78 is 33.4. The highest BCUT2D eigenvalue weighted by Crippen LogP contribution is 2.31. The number of carbonyl (C=O) groups excluding carboxylic acids is 1. The fourth-order valence-corrected chi connectivity index (χ4v) is 5.91. The van der Waals surface area contributed by atoms with Gasteiger partial charge in [0.2, 0.25) is 15.9 Å². The topological polar surface area (TPSA) is 75.7 Å². The Bertz CT molecular complexity index is 1010. The molecule has 1 N–H and O–H groups in total. The van der Waals surface area contributed by atoms with Crippen LogP contribution in [0.4, 0.5) is 5.69 Å². The number of anilines is 1. The fraction of sp³-hybridized carbons (Fsp3) is 0.435. The van der Waals surface area contributed by atoms with Crippen molar-refractivity contribution in [3.05, 3.63) is 53.1 Å². The largest absolute Gasteiger partial charge is 0.497 e. The van der Waals surface area contributed by atoms with Gasteiger partial charge in [0.05, 0.1) is 12.0 Å². The van der Waals surface area contributed by atoms with Crippen LogP contribution >= 0.6 is 0 Å². The predicted octanol–water partition coefficient (Wildman–Crippen LogP) is 3.92. The van der Waals surface area contributed by atoms with E-state index in [0.717, 1.165) is 29.7 Å². The molecule has 0 aliphatic carbocycles. The molecule has 30 heavy (non-hydrogen) atoms. The molecule has 0 unspecified atom stereocenters. The average Bonchev–Trinajstić information content (AvgIpc) is 3.25. The van der Waals surface area contributed by atoms with Crippen LogP contribution in [0.5, 0.6) is 5.75 Å². The minimum Gasteiger partial charge on any atom is -0.497 e. The number of aryl methyl sites for hydroxylation is 3. The third kappa shape index (κ3) is 4.23. The van der Waals surface area contributed by atoms with Crippen molar-refractivity contribution in [2.45, 2.75) is 57.4 Å². The minimum atomic E-state index is -3.83. The third-order valence-electron chi connectivity index (χ3n) is 5.74. The summed E-state index contributed by atoms with van der Waals surface area (Å²) in [6.07, 6.45) is 2.73. The Kier molecular flexibility index (Phi) is 6.83. The lowest BCUT2D eigenvalue weighted by Gasteiger charge is -2.25. The summed E-state index contributed by atoms with van der Waals surface area (Å²) in [4.78, 5) is 13.4. The summed E-state index contributed by atoms with van der Waals surface area (Å²) in [6, 6.07) is 10.2. The number of sulfonamides is 1. The number of methoxy groups -OCH3 is 1. The Hall–Kier alpha value is -2.38. The number of nitrogens with one attached hydrogen (secondary N) is 1. The number of rotatable bonds is 7. The van der Waals surface area contributed by atoms with Gasteiger partial charge in [0.25, 0.3) is 0 Å². The monoisotopic (exact) mass is 430 g/mol. The molecule has 1 heterocycles. The second-order valence-corrected chi connectivity index (χ2v) is 9.41. The standard InChI is InChI=1S/C23H30N2O4S/c1-5-17-9-7-10-18(6-2)22(17)24-23(26)20-11-8-14-25(20)30(27,28)21-15-19(29-4)13-12-16(21)3/h7,9-10,12-13,15,20H,5-6,8,11,14H2,1-4H3,(H,24,26)/t20-/m0/s1. The lowest BCUT2D eigenvalue weighted by atomic mass is 10.0. The van der Waals surface area contributed by atoms with Crippen LogP contribution in [0.3, 0.4) is 0 Å². The number of hydrogen-bond donors (Lipinski definition) is 1. The van der Waals surface area contributed by atoms with E-state index in [2.05, 4.69) is 5.32 Å². The molecule has 1 atom stereocenters. The first-order valence-corrected chi connectivity index (χ1v) is 11.9. The third-order valence-corrected chi connectivity index (χ3v) is 7.79. The molecular weight excluding hydrogens is 400 g/mol. The van der Waals surface area contributed by atoms with Crippen molar-refractivity contribution in [3.63, 3.8) is 0 Å². The van der Waals surface area contributed by atoms with Gasteiger partial charge in [-0.1, -0.05) is 38.1 Å². The molecule has 2 aromatic rings. The van der Waals surface area contributed by atoms with Crippen LogP contribution < -0.4 is 10.1 Å². The maximum atomic E-state index is 13.4. The first-order chi connectivity index (χ1) is 14.3. The van der Waals surface area contributed by atoms with Crippen LogP contribution in [0.2, 0.25) is 0 Å². The van der Waals surface area contributed by atoms with E-state index < -0.39 is 16.1 Å². The van der Waals surface area contributed by atoms with E-state index in [4.69, 9.17) is 4.74 Å². The van der Waals surface area contributed by atoms with Crippen LogP contribution in [-0.2, 0) is 27.7 Å². The number of carbonyl (C=O) groups is 1. The van der Waals surface area contributed by atoms with Gasteiger partial charge in [-0.2, -0.15) is 4.31 Å². The van der Waals surface area contributed by atoms with Crippen molar-refractivity contribution in [2.75, 3.05) is 19.0 Å². The normalized spacial score (nSPS) is 17.1. The number of hydrogen-bond acceptors (Lipinski definition) is 4. The molecule has 0 aromatic heterocycles. The number of nitrogens with zero attached hydrogens (tertiary/aromatic N) is 1. The zero-order chi connectivity index (χ0) is 21.9. The molecule has 1 saturated heterocycles. The quantitative estimate of drug-likeness (QED) is 0.722. The lowest BCUT2D eigenvalue weighted by molar-refractivity contribution is -0.119. The molecule has 0 saturated carbocycles. The zero-order valence-electron chi connectivity index (χ0n) is 18.1. The minimum absolute atomic E-state index is 0.185. The van der Waals surface area contributed by atoms with E-state index >= 15 is 0 Å². The average molecular weight is 431 g/mol. The highest BCUT2D eigenvalue weighted by Gasteiger charge is 2.40. The summed E-state index contributed by atoms with van der Waals surface area (Å²) in [5.74, 6) is 0.205.